The van der Waals surface area contributed by atoms with Crippen LogP contribution >= 0.6 is 0 Å². The van der Waals surface area contributed by atoms with Crippen molar-refractivity contribution in [3.63, 3.8) is 0 Å². The maximum atomic E-state index is 13.1. The van der Waals surface area contributed by atoms with Gasteiger partial charge in [-0.1, -0.05) is 12.8 Å². The van der Waals surface area contributed by atoms with Crippen LogP contribution in [0.1, 0.15) is 112 Å². The van der Waals surface area contributed by atoms with E-state index in [2.05, 4.69) is 58.1 Å². The monoisotopic (exact) mass is 843 g/mol. The second kappa shape index (κ2) is 20.3. The Kier molecular flexibility index (Phi) is 14.7. The van der Waals surface area contributed by atoms with E-state index in [0.717, 1.165) is 64.7 Å². The summed E-state index contributed by atoms with van der Waals surface area (Å²) in [6, 6.07) is 12.7. The molecule has 4 aliphatic heterocycles. The minimum atomic E-state index is -0.384. The zero-order valence-corrected chi connectivity index (χ0v) is 36.7. The fraction of sp³-hybridized carbons (Fsp3) is 0.630. The van der Waals surface area contributed by atoms with Gasteiger partial charge in [0.15, 0.2) is 11.2 Å². The molecule has 3 N–H and O–H groups in total. The Bertz CT molecular complexity index is 2080. The summed E-state index contributed by atoms with van der Waals surface area (Å²) in [5.74, 6) is 0.262. The molecular formula is C46H66N8O7. The molecule has 4 aromatic rings. The number of phenols is 1. The molecule has 332 valence electrons. The number of likely N-dealkylation sites (tertiary alicyclic amines) is 2. The first-order valence-corrected chi connectivity index (χ1v) is 22.7. The highest BCUT2D eigenvalue weighted by molar-refractivity contribution is 5.86. The lowest BCUT2D eigenvalue weighted by Gasteiger charge is -2.39. The van der Waals surface area contributed by atoms with Gasteiger partial charge >= 0.3 is 5.97 Å². The number of nitrogens with one attached hydrogen (secondary N) is 2. The summed E-state index contributed by atoms with van der Waals surface area (Å²) >= 11 is 0. The number of aromatic hydroxyl groups is 1. The van der Waals surface area contributed by atoms with Crippen LogP contribution in [0.25, 0.3) is 22.2 Å². The normalized spacial score (nSPS) is 25.2. The molecule has 0 unspecified atom stereocenters. The molecule has 0 radical (unpaired) electrons. The van der Waals surface area contributed by atoms with Crippen molar-refractivity contribution in [1.82, 2.24) is 30.4 Å². The maximum Gasteiger partial charge on any atom is 0.308 e. The molecule has 6 atom stereocenters. The Morgan fingerprint density at radius 2 is 1.11 bits per heavy atom. The Labute approximate surface area is 359 Å². The number of carbonyl (C=O) groups is 3. The highest BCUT2D eigenvalue weighted by Gasteiger charge is 2.34. The second-order valence-electron chi connectivity index (χ2n) is 17.6. The molecule has 0 spiro atoms. The van der Waals surface area contributed by atoms with Gasteiger partial charge in [0.05, 0.1) is 0 Å². The molecule has 2 aromatic heterocycles. The van der Waals surface area contributed by atoms with Crippen molar-refractivity contribution in [2.75, 3.05) is 49.1 Å². The van der Waals surface area contributed by atoms with E-state index in [0.29, 0.717) is 77.2 Å². The van der Waals surface area contributed by atoms with Gasteiger partial charge in [-0.05, 0) is 116 Å². The van der Waals surface area contributed by atoms with Crippen molar-refractivity contribution < 1.29 is 33.1 Å². The summed E-state index contributed by atoms with van der Waals surface area (Å²) in [6.07, 6.45) is 13.1. The molecule has 15 nitrogen and oxygen atoms in total. The van der Waals surface area contributed by atoms with E-state index in [4.69, 9.17) is 13.6 Å². The molecule has 0 bridgehead atoms. The van der Waals surface area contributed by atoms with Crippen LogP contribution < -0.4 is 25.2 Å². The van der Waals surface area contributed by atoms with Crippen molar-refractivity contribution in [3.05, 3.63) is 36.4 Å². The number of esters is 1. The molecule has 15 heteroatoms. The van der Waals surface area contributed by atoms with E-state index in [1.165, 1.54) is 45.4 Å². The maximum absolute atomic E-state index is 13.1. The van der Waals surface area contributed by atoms with E-state index in [-0.39, 0.29) is 35.6 Å². The predicted octanol–water partition coefficient (Wildman–Crippen LogP) is 6.76. The van der Waals surface area contributed by atoms with Gasteiger partial charge in [-0.2, -0.15) is 9.97 Å². The highest BCUT2D eigenvalue weighted by atomic mass is 16.5. The zero-order valence-electron chi connectivity index (χ0n) is 36.7. The van der Waals surface area contributed by atoms with E-state index >= 15 is 0 Å². The lowest BCUT2D eigenvalue weighted by Crippen LogP contribution is -2.52. The van der Waals surface area contributed by atoms with Crippen LogP contribution in [0, 0.1) is 0 Å². The number of piperidine rings is 4. The van der Waals surface area contributed by atoms with Gasteiger partial charge in [0, 0.05) is 82.5 Å². The molecule has 4 fully saturated rings. The Balaban J connectivity index is 0.000000185. The number of benzene rings is 2. The van der Waals surface area contributed by atoms with Crippen molar-refractivity contribution in [3.8, 4) is 11.5 Å². The van der Waals surface area contributed by atoms with Crippen molar-refractivity contribution in [1.29, 1.82) is 0 Å². The zero-order chi connectivity index (χ0) is 43.0. The first kappa shape index (κ1) is 44.2. The standard InChI is InChI=1S/C24H34N4O4.C22H32N4O3/c1-16-7-6-8-17(2)27(16)14-12-25-23(30)21-9-4-5-13-28(21)24-26-20-11-10-19(31-18(3)29)15-22(20)32-24;1-15-6-5-7-16(2)25(15)13-11-23-21(28)19-8-3-4-12-26(19)22-24-18-10-9-17(27)14-20(18)29-22/h10-11,15-17,21H,4-9,12-14H2,1-3H3,(H,25,30);9-10,14-16,19,27H,3-8,11-13H2,1-2H3,(H,23,28)/t16-,17+,21-;15-,16+,19-/m00/s1. The fourth-order valence-corrected chi connectivity index (χ4v) is 9.82. The average Bonchev–Trinajstić information content (AvgIpc) is 3.87. The van der Waals surface area contributed by atoms with Crippen molar-refractivity contribution in [2.45, 2.75) is 148 Å². The van der Waals surface area contributed by atoms with Gasteiger partial charge in [-0.15, -0.1) is 0 Å². The molecular weight excluding hydrogens is 777 g/mol. The largest absolute Gasteiger partial charge is 0.508 e. The summed E-state index contributed by atoms with van der Waals surface area (Å²) < 4.78 is 17.0. The molecule has 6 heterocycles. The van der Waals surface area contributed by atoms with Crippen LogP contribution in [-0.4, -0.2) is 118 Å². The van der Waals surface area contributed by atoms with Gasteiger partial charge in [-0.25, -0.2) is 0 Å². The van der Waals surface area contributed by atoms with Gasteiger partial charge < -0.3 is 39.1 Å². The number of phenolic OH excluding ortho intramolecular Hbond substituents is 1. The number of fused-ring (bicyclic) bond motifs is 2. The van der Waals surface area contributed by atoms with Gasteiger partial charge in [-0.3, -0.25) is 24.2 Å². The molecule has 8 rings (SSSR count). The highest BCUT2D eigenvalue weighted by Crippen LogP contribution is 2.32. The number of anilines is 2. The van der Waals surface area contributed by atoms with E-state index in [9.17, 15) is 19.5 Å². The molecule has 0 aliphatic carbocycles. The number of ether oxygens (including phenoxy) is 1. The van der Waals surface area contributed by atoms with Crippen LogP contribution in [0.3, 0.4) is 0 Å². The van der Waals surface area contributed by atoms with E-state index in [1.54, 1.807) is 36.4 Å². The molecule has 2 aromatic carbocycles. The van der Waals surface area contributed by atoms with Gasteiger partial charge in [0.1, 0.15) is 34.6 Å². The quantitative estimate of drug-likeness (QED) is 0.107. The summed E-state index contributed by atoms with van der Waals surface area (Å²) in [4.78, 5) is 55.4. The topological polar surface area (TPSA) is 170 Å². The van der Waals surface area contributed by atoms with E-state index in [1.807, 2.05) is 9.80 Å². The first-order chi connectivity index (χ1) is 29.4. The summed E-state index contributed by atoms with van der Waals surface area (Å²) in [5.41, 5.74) is 2.44. The number of carbonyl (C=O) groups excluding carboxylic acids is 3. The van der Waals surface area contributed by atoms with Crippen LogP contribution in [0.5, 0.6) is 11.5 Å². The summed E-state index contributed by atoms with van der Waals surface area (Å²) in [7, 11) is 0. The first-order valence-electron chi connectivity index (χ1n) is 22.7. The molecule has 61 heavy (non-hydrogen) atoms. The lowest BCUT2D eigenvalue weighted by atomic mass is 9.97. The van der Waals surface area contributed by atoms with Gasteiger partial charge in [0.25, 0.3) is 12.0 Å². The van der Waals surface area contributed by atoms with Crippen molar-refractivity contribution >= 4 is 52.0 Å². The lowest BCUT2D eigenvalue weighted by molar-refractivity contribution is -0.132. The van der Waals surface area contributed by atoms with Crippen LogP contribution in [0.15, 0.2) is 45.2 Å². The molecule has 0 saturated carbocycles. The number of hydrogen-bond donors (Lipinski definition) is 3. The molecule has 2 amide bonds. The Morgan fingerprint density at radius 3 is 1.59 bits per heavy atom. The molecule has 4 aliphatic rings. The SMILES string of the molecule is CC(=O)Oc1ccc2nc(N3CCCC[C@H]3C(=O)NCCN3[C@H](C)CCC[C@@H]3C)oc2c1.C[C@@H]1CCC[C@H](C)N1CCNC(=O)[C@@H]1CCCCN1c1nc2ccc(O)cc2o1. The minimum Gasteiger partial charge on any atom is -0.508 e. The molecule has 4 saturated heterocycles. The number of hydrogen-bond acceptors (Lipinski definition) is 13. The summed E-state index contributed by atoms with van der Waals surface area (Å²) in [6.45, 7) is 15.0. The van der Waals surface area contributed by atoms with Crippen LogP contribution in [-0.2, 0) is 14.4 Å². The smallest absolute Gasteiger partial charge is 0.308 e. The summed E-state index contributed by atoms with van der Waals surface area (Å²) in [5, 5.41) is 16.0. The van der Waals surface area contributed by atoms with Gasteiger partial charge in [0.2, 0.25) is 11.8 Å². The average molecular weight is 843 g/mol. The predicted molar refractivity (Wildman–Crippen MR) is 236 cm³/mol. The number of rotatable bonds is 11. The Hall–Kier alpha value is -4.89. The number of aromatic nitrogens is 2. The Morgan fingerprint density at radius 1 is 0.656 bits per heavy atom. The van der Waals surface area contributed by atoms with Crippen LogP contribution in [0.4, 0.5) is 12.0 Å². The van der Waals surface area contributed by atoms with E-state index < -0.39 is 0 Å². The fourth-order valence-electron chi connectivity index (χ4n) is 9.82. The minimum absolute atomic E-state index is 0.0323. The second-order valence-corrected chi connectivity index (χ2v) is 17.6. The number of amides is 2. The van der Waals surface area contributed by atoms with Crippen LogP contribution in [0.2, 0.25) is 0 Å². The third kappa shape index (κ3) is 11.0. The number of oxazole rings is 2. The third-order valence-electron chi connectivity index (χ3n) is 13.2. The third-order valence-corrected chi connectivity index (χ3v) is 13.2. The number of nitrogens with zero attached hydrogens (tertiary/aromatic N) is 6. The van der Waals surface area contributed by atoms with Crippen molar-refractivity contribution in [2.24, 2.45) is 0 Å².